The van der Waals surface area contributed by atoms with Crippen LogP contribution in [0.5, 0.6) is 11.5 Å². The van der Waals surface area contributed by atoms with Gasteiger partial charge in [-0.05, 0) is 30.5 Å². The first-order valence-electron chi connectivity index (χ1n) is 10.2. The molecule has 3 heterocycles. The van der Waals surface area contributed by atoms with Crippen LogP contribution in [-0.2, 0) is 18.4 Å². The monoisotopic (exact) mass is 382 g/mol. The summed E-state index contributed by atoms with van der Waals surface area (Å²) in [4.78, 5) is 12.9. The van der Waals surface area contributed by atoms with Crippen molar-refractivity contribution in [1.29, 1.82) is 0 Å². The number of ether oxygens (including phenoxy) is 2. The molecule has 148 valence electrons. The number of benzene rings is 1. The number of carbonyl (C=O) groups is 1. The molecule has 0 radical (unpaired) electrons. The highest BCUT2D eigenvalue weighted by Gasteiger charge is 2.36. The molecule has 28 heavy (non-hydrogen) atoms. The minimum atomic E-state index is -0.0908. The minimum Gasteiger partial charge on any atom is -0.454 e. The van der Waals surface area contributed by atoms with Gasteiger partial charge >= 0.3 is 0 Å². The van der Waals surface area contributed by atoms with Gasteiger partial charge in [-0.2, -0.15) is 5.10 Å². The van der Waals surface area contributed by atoms with Crippen LogP contribution in [0.25, 0.3) is 0 Å². The zero-order valence-corrected chi connectivity index (χ0v) is 16.0. The van der Waals surface area contributed by atoms with Gasteiger partial charge in [-0.25, -0.2) is 0 Å². The van der Waals surface area contributed by atoms with E-state index in [1.807, 2.05) is 6.07 Å². The number of nitrogens with one attached hydrogen (secondary N) is 3. The number of rotatable bonds is 4. The van der Waals surface area contributed by atoms with Crippen LogP contribution < -0.4 is 20.1 Å². The molecular formula is C21H26N4O3. The van der Waals surface area contributed by atoms with Crippen molar-refractivity contribution >= 4 is 5.91 Å². The Balaban J connectivity index is 1.37. The van der Waals surface area contributed by atoms with E-state index in [2.05, 4.69) is 33.0 Å². The van der Waals surface area contributed by atoms with E-state index in [-0.39, 0.29) is 18.1 Å². The fraction of sp³-hybridized carbons (Fsp3) is 0.524. The third-order valence-corrected chi connectivity index (χ3v) is 6.40. The summed E-state index contributed by atoms with van der Waals surface area (Å²) in [5.74, 6) is 1.52. The molecule has 0 spiro atoms. The molecule has 0 saturated heterocycles. The lowest BCUT2D eigenvalue weighted by Crippen LogP contribution is -2.42. The Morgan fingerprint density at radius 1 is 1.18 bits per heavy atom. The summed E-state index contributed by atoms with van der Waals surface area (Å²) < 4.78 is 11.1. The number of nitrogens with zero attached hydrogens (tertiary/aromatic N) is 1. The first kappa shape index (κ1) is 17.6. The molecular weight excluding hydrogens is 356 g/mol. The SMILES string of the molecule is O=C(NCC1(c2ccc3c(c2)OCO3)CCCCC1)c1n[nH]c2c1CNCC2. The van der Waals surface area contributed by atoms with Crippen LogP contribution in [-0.4, -0.2) is 36.0 Å². The maximum Gasteiger partial charge on any atom is 0.272 e. The third kappa shape index (κ3) is 3.03. The largest absolute Gasteiger partial charge is 0.454 e. The van der Waals surface area contributed by atoms with E-state index in [9.17, 15) is 4.79 Å². The number of carbonyl (C=O) groups excluding carboxylic acids is 1. The van der Waals surface area contributed by atoms with Crippen LogP contribution in [0.1, 0.15) is 59.4 Å². The molecule has 0 atom stereocenters. The van der Waals surface area contributed by atoms with Crippen molar-refractivity contribution in [2.45, 2.75) is 50.5 Å². The maximum absolute atomic E-state index is 12.9. The van der Waals surface area contributed by atoms with Gasteiger partial charge in [0.2, 0.25) is 6.79 Å². The van der Waals surface area contributed by atoms with E-state index in [1.54, 1.807) is 0 Å². The van der Waals surface area contributed by atoms with Gasteiger partial charge in [0.15, 0.2) is 17.2 Å². The zero-order chi connectivity index (χ0) is 19.0. The predicted molar refractivity (Wildman–Crippen MR) is 104 cm³/mol. The number of fused-ring (bicyclic) bond motifs is 2. The molecule has 2 aromatic rings. The van der Waals surface area contributed by atoms with Gasteiger partial charge < -0.3 is 20.1 Å². The molecule has 1 saturated carbocycles. The second-order valence-electron chi connectivity index (χ2n) is 8.05. The summed E-state index contributed by atoms with van der Waals surface area (Å²) in [6, 6.07) is 6.22. The Morgan fingerprint density at radius 3 is 2.93 bits per heavy atom. The normalized spacial score (nSPS) is 19.9. The molecule has 3 aliphatic rings. The molecule has 1 aromatic heterocycles. The average Bonchev–Trinajstić information content (AvgIpc) is 3.39. The van der Waals surface area contributed by atoms with Crippen molar-refractivity contribution < 1.29 is 14.3 Å². The highest BCUT2D eigenvalue weighted by molar-refractivity contribution is 5.94. The van der Waals surface area contributed by atoms with Crippen LogP contribution in [0, 0.1) is 0 Å². The lowest BCUT2D eigenvalue weighted by Gasteiger charge is -2.38. The molecule has 0 bridgehead atoms. The lowest BCUT2D eigenvalue weighted by atomic mass is 9.69. The summed E-state index contributed by atoms with van der Waals surface area (Å²) in [5.41, 5.74) is 3.77. The molecule has 1 aliphatic carbocycles. The fourth-order valence-corrected chi connectivity index (χ4v) is 4.77. The van der Waals surface area contributed by atoms with E-state index in [1.165, 1.54) is 24.8 Å². The number of H-pyrrole nitrogens is 1. The molecule has 2 aliphatic heterocycles. The Bertz CT molecular complexity index is 886. The molecule has 7 nitrogen and oxygen atoms in total. The van der Waals surface area contributed by atoms with Gasteiger partial charge in [-0.1, -0.05) is 25.3 Å². The fourth-order valence-electron chi connectivity index (χ4n) is 4.77. The zero-order valence-electron chi connectivity index (χ0n) is 16.0. The summed E-state index contributed by atoms with van der Waals surface area (Å²) in [5, 5.41) is 13.8. The van der Waals surface area contributed by atoms with Gasteiger partial charge in [-0.15, -0.1) is 0 Å². The van der Waals surface area contributed by atoms with Crippen molar-refractivity contribution in [3.63, 3.8) is 0 Å². The number of aromatic nitrogens is 2. The smallest absolute Gasteiger partial charge is 0.272 e. The van der Waals surface area contributed by atoms with E-state index < -0.39 is 0 Å². The van der Waals surface area contributed by atoms with Gasteiger partial charge in [0, 0.05) is 42.7 Å². The standard InChI is InChI=1S/C21H26N4O3/c26-20(19-15-11-22-9-6-16(15)24-25-19)23-12-21(7-2-1-3-8-21)14-4-5-17-18(10-14)28-13-27-17/h4-5,10,22H,1-3,6-9,11-13H2,(H,23,26)(H,24,25). The minimum absolute atomic E-state index is 0.0660. The molecule has 5 rings (SSSR count). The van der Waals surface area contributed by atoms with Gasteiger partial charge in [-0.3, -0.25) is 9.89 Å². The highest BCUT2D eigenvalue weighted by Crippen LogP contribution is 2.43. The summed E-state index contributed by atoms with van der Waals surface area (Å²) in [6.45, 7) is 2.51. The van der Waals surface area contributed by atoms with Crippen molar-refractivity contribution in [2.24, 2.45) is 0 Å². The first-order valence-corrected chi connectivity index (χ1v) is 10.2. The lowest BCUT2D eigenvalue weighted by molar-refractivity contribution is 0.0930. The van der Waals surface area contributed by atoms with Crippen LogP contribution in [0.3, 0.4) is 0 Å². The van der Waals surface area contributed by atoms with Crippen LogP contribution in [0.4, 0.5) is 0 Å². The summed E-state index contributed by atoms with van der Waals surface area (Å²) in [7, 11) is 0. The maximum atomic E-state index is 12.9. The van der Waals surface area contributed by atoms with Gasteiger partial charge in [0.25, 0.3) is 5.91 Å². The molecule has 1 amide bonds. The molecule has 7 heteroatoms. The number of aromatic amines is 1. The van der Waals surface area contributed by atoms with Crippen molar-refractivity contribution in [2.75, 3.05) is 19.9 Å². The van der Waals surface area contributed by atoms with E-state index in [0.717, 1.165) is 48.6 Å². The molecule has 1 fully saturated rings. The summed E-state index contributed by atoms with van der Waals surface area (Å²) in [6.07, 6.45) is 6.61. The molecule has 3 N–H and O–H groups in total. The number of hydrogen-bond acceptors (Lipinski definition) is 5. The highest BCUT2D eigenvalue weighted by atomic mass is 16.7. The van der Waals surface area contributed by atoms with Crippen LogP contribution in [0.2, 0.25) is 0 Å². The van der Waals surface area contributed by atoms with Crippen molar-refractivity contribution in [1.82, 2.24) is 20.8 Å². The Hall–Kier alpha value is -2.54. The Kier molecular flexibility index (Phi) is 4.47. The van der Waals surface area contributed by atoms with Gasteiger partial charge in [0.05, 0.1) is 0 Å². The topological polar surface area (TPSA) is 88.3 Å². The third-order valence-electron chi connectivity index (χ3n) is 6.40. The first-order chi connectivity index (χ1) is 13.8. The van der Waals surface area contributed by atoms with E-state index >= 15 is 0 Å². The number of hydrogen-bond donors (Lipinski definition) is 3. The van der Waals surface area contributed by atoms with E-state index in [4.69, 9.17) is 9.47 Å². The van der Waals surface area contributed by atoms with Crippen molar-refractivity contribution in [3.8, 4) is 11.5 Å². The molecule has 0 unspecified atom stereocenters. The molecule has 1 aromatic carbocycles. The van der Waals surface area contributed by atoms with Gasteiger partial charge in [0.1, 0.15) is 0 Å². The van der Waals surface area contributed by atoms with Crippen molar-refractivity contribution in [3.05, 3.63) is 40.7 Å². The Labute approximate surface area is 164 Å². The second-order valence-corrected chi connectivity index (χ2v) is 8.05. The predicted octanol–water partition coefficient (Wildman–Crippen LogP) is 2.42. The second kappa shape index (κ2) is 7.13. The van der Waals surface area contributed by atoms with Crippen LogP contribution >= 0.6 is 0 Å². The average molecular weight is 382 g/mol. The summed E-state index contributed by atoms with van der Waals surface area (Å²) >= 11 is 0. The quantitative estimate of drug-likeness (QED) is 0.756. The van der Waals surface area contributed by atoms with Crippen LogP contribution in [0.15, 0.2) is 18.2 Å². The number of amides is 1. The van der Waals surface area contributed by atoms with E-state index in [0.29, 0.717) is 18.8 Å². The Morgan fingerprint density at radius 2 is 2.04 bits per heavy atom.